The molecule has 1 unspecified atom stereocenters. The summed E-state index contributed by atoms with van der Waals surface area (Å²) in [5.74, 6) is -3.42. The molecule has 1 rings (SSSR count). The van der Waals surface area contributed by atoms with Gasteiger partial charge in [-0.15, -0.1) is 0 Å². The number of nitrogens with one attached hydrogen (secondary N) is 1. The van der Waals surface area contributed by atoms with Crippen LogP contribution >= 0.6 is 0 Å². The highest BCUT2D eigenvalue weighted by Gasteiger charge is 2.29. The van der Waals surface area contributed by atoms with Crippen LogP contribution in [0.2, 0.25) is 0 Å². The molecule has 0 saturated carbocycles. The number of halogens is 2. The Morgan fingerprint density at radius 2 is 1.84 bits per heavy atom. The molecule has 0 fully saturated rings. The van der Waals surface area contributed by atoms with Crippen molar-refractivity contribution in [2.75, 3.05) is 26.0 Å². The quantitative estimate of drug-likeness (QED) is 0.872. The van der Waals surface area contributed by atoms with Gasteiger partial charge in [0.2, 0.25) is 9.84 Å². The lowest BCUT2D eigenvalue weighted by atomic mass is 10.2. The normalized spacial score (nSPS) is 13.8. The van der Waals surface area contributed by atoms with Gasteiger partial charge < -0.3 is 10.2 Å². The van der Waals surface area contributed by atoms with Crippen molar-refractivity contribution in [2.45, 2.75) is 23.6 Å². The Balaban J connectivity index is 3.04. The number of sulfone groups is 1. The first kappa shape index (κ1) is 15.8. The molecule has 0 aliphatic carbocycles. The lowest BCUT2D eigenvalue weighted by Crippen LogP contribution is -2.30. The fraction of sp³-hybridized carbons (Fsp3) is 0.500. The van der Waals surface area contributed by atoms with E-state index in [1.807, 2.05) is 25.9 Å². The minimum atomic E-state index is -4.59. The van der Waals surface area contributed by atoms with Gasteiger partial charge in [-0.2, -0.15) is 8.78 Å². The van der Waals surface area contributed by atoms with Crippen molar-refractivity contribution in [3.63, 3.8) is 0 Å². The van der Waals surface area contributed by atoms with Crippen LogP contribution in [-0.2, 0) is 9.84 Å². The maximum absolute atomic E-state index is 12.6. The molecule has 4 nitrogen and oxygen atoms in total. The second-order valence-corrected chi connectivity index (χ2v) is 6.50. The van der Waals surface area contributed by atoms with Gasteiger partial charge >= 0.3 is 5.76 Å². The zero-order chi connectivity index (χ0) is 14.6. The average Bonchev–Trinajstić information content (AvgIpc) is 2.27. The highest BCUT2D eigenvalue weighted by atomic mass is 32.2. The molecule has 0 radical (unpaired) electrons. The van der Waals surface area contributed by atoms with E-state index in [2.05, 4.69) is 5.32 Å². The second-order valence-electron chi connectivity index (χ2n) is 4.61. The molecule has 0 aliphatic rings. The van der Waals surface area contributed by atoms with E-state index < -0.39 is 15.6 Å². The van der Waals surface area contributed by atoms with Gasteiger partial charge in [-0.3, -0.25) is 0 Å². The smallest absolute Gasteiger partial charge is 0.341 e. The highest BCUT2D eigenvalue weighted by molar-refractivity contribution is 7.91. The van der Waals surface area contributed by atoms with Gasteiger partial charge in [-0.25, -0.2) is 8.42 Å². The Bertz CT molecular complexity index is 518. The average molecular weight is 292 g/mol. The lowest BCUT2D eigenvalue weighted by Gasteiger charge is -2.21. The van der Waals surface area contributed by atoms with Crippen LogP contribution in [0, 0.1) is 0 Å². The van der Waals surface area contributed by atoms with E-state index in [1.54, 1.807) is 6.07 Å². The van der Waals surface area contributed by atoms with Gasteiger partial charge in [-0.1, -0.05) is 12.1 Å². The van der Waals surface area contributed by atoms with Gasteiger partial charge in [0.1, 0.15) is 0 Å². The van der Waals surface area contributed by atoms with Crippen LogP contribution in [0.1, 0.15) is 6.92 Å². The van der Waals surface area contributed by atoms with Crippen molar-refractivity contribution in [3.8, 4) is 0 Å². The van der Waals surface area contributed by atoms with Gasteiger partial charge in [0.25, 0.3) is 0 Å². The molecule has 19 heavy (non-hydrogen) atoms. The van der Waals surface area contributed by atoms with Crippen molar-refractivity contribution >= 4 is 15.5 Å². The molecule has 0 spiro atoms. The Morgan fingerprint density at radius 3 is 2.37 bits per heavy atom. The summed E-state index contributed by atoms with van der Waals surface area (Å²) in [6.07, 6.45) is 0. The van der Waals surface area contributed by atoms with Crippen LogP contribution in [0.25, 0.3) is 0 Å². The minimum absolute atomic E-state index is 0.0657. The summed E-state index contributed by atoms with van der Waals surface area (Å²) in [6.45, 7) is 2.51. The maximum atomic E-state index is 12.6. The third-order valence-electron chi connectivity index (χ3n) is 2.47. The van der Waals surface area contributed by atoms with Gasteiger partial charge in [0.05, 0.1) is 10.6 Å². The molecule has 1 aromatic carbocycles. The van der Waals surface area contributed by atoms with Crippen molar-refractivity contribution in [1.82, 2.24) is 4.90 Å². The molecule has 0 bridgehead atoms. The molecule has 0 amide bonds. The zero-order valence-corrected chi connectivity index (χ0v) is 11.9. The Morgan fingerprint density at radius 1 is 1.26 bits per heavy atom. The summed E-state index contributed by atoms with van der Waals surface area (Å²) in [4.78, 5) is 1.55. The molecular weight excluding hydrogens is 274 g/mol. The van der Waals surface area contributed by atoms with E-state index in [1.165, 1.54) is 18.2 Å². The van der Waals surface area contributed by atoms with Crippen LogP contribution in [0.3, 0.4) is 0 Å². The van der Waals surface area contributed by atoms with E-state index in [0.29, 0.717) is 6.54 Å². The van der Waals surface area contributed by atoms with Gasteiger partial charge in [0.15, 0.2) is 0 Å². The van der Waals surface area contributed by atoms with E-state index in [0.717, 1.165) is 0 Å². The van der Waals surface area contributed by atoms with Crippen molar-refractivity contribution in [3.05, 3.63) is 24.3 Å². The first-order valence-corrected chi connectivity index (χ1v) is 7.32. The number of alkyl halides is 2. The number of anilines is 1. The number of hydrogen-bond donors (Lipinski definition) is 1. The standard InChI is InChI=1S/C12H18F2N2O2S/c1-9(8-16(2)3)15-10-6-4-5-7-11(10)19(17,18)12(13)14/h4-7,9,12,15H,8H2,1-3H3. The number of benzene rings is 1. The monoisotopic (exact) mass is 292 g/mol. The summed E-state index contributed by atoms with van der Waals surface area (Å²) in [5.41, 5.74) is 0.206. The first-order valence-electron chi connectivity index (χ1n) is 5.77. The number of nitrogens with zero attached hydrogens (tertiary/aromatic N) is 1. The summed E-state index contributed by atoms with van der Waals surface area (Å²) >= 11 is 0. The van der Waals surface area contributed by atoms with Crippen molar-refractivity contribution in [2.24, 2.45) is 0 Å². The summed E-state index contributed by atoms with van der Waals surface area (Å²) in [5, 5.41) is 2.95. The zero-order valence-electron chi connectivity index (χ0n) is 11.1. The van der Waals surface area contributed by atoms with Crippen LogP contribution in [-0.4, -0.2) is 45.8 Å². The fourth-order valence-corrected chi connectivity index (χ4v) is 2.68. The Kier molecular flexibility index (Phi) is 5.25. The van der Waals surface area contributed by atoms with Crippen molar-refractivity contribution < 1.29 is 17.2 Å². The number of hydrogen-bond acceptors (Lipinski definition) is 4. The van der Waals surface area contributed by atoms with E-state index in [9.17, 15) is 17.2 Å². The first-order chi connectivity index (χ1) is 8.75. The number of para-hydroxylation sites is 1. The summed E-state index contributed by atoms with van der Waals surface area (Å²) in [6, 6.07) is 5.64. The molecule has 1 atom stereocenters. The third kappa shape index (κ3) is 4.14. The summed E-state index contributed by atoms with van der Waals surface area (Å²) in [7, 11) is -0.841. The molecule has 1 N–H and O–H groups in total. The number of likely N-dealkylation sites (N-methyl/N-ethyl adjacent to an activating group) is 1. The molecule has 0 aliphatic heterocycles. The van der Waals surface area contributed by atoms with Crippen LogP contribution < -0.4 is 5.32 Å². The summed E-state index contributed by atoms with van der Waals surface area (Å²) < 4.78 is 48.3. The predicted octanol–water partition coefficient (Wildman–Crippen LogP) is 2.04. The topological polar surface area (TPSA) is 49.4 Å². The second kappa shape index (κ2) is 6.29. The maximum Gasteiger partial charge on any atom is 0.341 e. The lowest BCUT2D eigenvalue weighted by molar-refractivity contribution is 0.235. The molecule has 108 valence electrons. The fourth-order valence-electron chi connectivity index (χ4n) is 1.79. The van der Waals surface area contributed by atoms with Crippen LogP contribution in [0.5, 0.6) is 0 Å². The van der Waals surface area contributed by atoms with Crippen LogP contribution in [0.15, 0.2) is 29.2 Å². The SMILES string of the molecule is CC(CN(C)C)Nc1ccccc1S(=O)(=O)C(F)F. The van der Waals surface area contributed by atoms with Gasteiger partial charge in [0, 0.05) is 12.6 Å². The highest BCUT2D eigenvalue weighted by Crippen LogP contribution is 2.26. The molecule has 0 aromatic heterocycles. The number of rotatable bonds is 6. The van der Waals surface area contributed by atoms with Crippen molar-refractivity contribution in [1.29, 1.82) is 0 Å². The van der Waals surface area contributed by atoms with E-state index in [4.69, 9.17) is 0 Å². The Labute approximate surface area is 112 Å². The molecule has 7 heteroatoms. The largest absolute Gasteiger partial charge is 0.380 e. The molecule has 0 heterocycles. The van der Waals surface area contributed by atoms with E-state index in [-0.39, 0.29) is 16.6 Å². The van der Waals surface area contributed by atoms with Gasteiger partial charge in [-0.05, 0) is 33.2 Å². The van der Waals surface area contributed by atoms with Crippen LogP contribution in [0.4, 0.5) is 14.5 Å². The minimum Gasteiger partial charge on any atom is -0.380 e. The molecular formula is C12H18F2N2O2S. The molecule has 1 aromatic rings. The molecule has 0 saturated heterocycles. The predicted molar refractivity (Wildman–Crippen MR) is 71.3 cm³/mol. The van der Waals surface area contributed by atoms with E-state index >= 15 is 0 Å². The third-order valence-corrected chi connectivity index (χ3v) is 3.91. The Hall–Kier alpha value is -1.21.